The van der Waals surface area contributed by atoms with Crippen LogP contribution < -0.4 is 14.9 Å². The van der Waals surface area contributed by atoms with Gasteiger partial charge < -0.3 is 23.4 Å². The topological polar surface area (TPSA) is 84.2 Å². The maximum Gasteiger partial charge on any atom is 0.344 e. The zero-order valence-electron chi connectivity index (χ0n) is 17.5. The minimum atomic E-state index is -0.515. The van der Waals surface area contributed by atoms with Gasteiger partial charge in [0, 0.05) is 17.7 Å². The molecule has 0 radical (unpaired) electrons. The second-order valence-corrected chi connectivity index (χ2v) is 7.14. The lowest BCUT2D eigenvalue weighted by molar-refractivity contribution is -0.147. The molecule has 7 nitrogen and oxygen atoms in total. The molecule has 0 amide bonds. The SMILES string of the molecule is CCOCCOC(=O)COc1ccc2c(=O)c(Oc3cc(C)c(Cl)c(C)c3)coc2c1. The van der Waals surface area contributed by atoms with Gasteiger partial charge in [-0.1, -0.05) is 11.6 Å². The summed E-state index contributed by atoms with van der Waals surface area (Å²) in [7, 11) is 0. The third-order valence-electron chi connectivity index (χ3n) is 4.40. The van der Waals surface area contributed by atoms with Gasteiger partial charge in [0.25, 0.3) is 0 Å². The molecule has 0 aliphatic heterocycles. The van der Waals surface area contributed by atoms with Gasteiger partial charge in [-0.05, 0) is 56.2 Å². The number of carbonyl (C=O) groups is 1. The van der Waals surface area contributed by atoms with E-state index in [-0.39, 0.29) is 24.4 Å². The first-order chi connectivity index (χ1) is 14.9. The molecule has 0 aliphatic carbocycles. The Balaban J connectivity index is 1.70. The third kappa shape index (κ3) is 5.77. The largest absolute Gasteiger partial charge is 0.482 e. The van der Waals surface area contributed by atoms with Crippen LogP contribution in [0.3, 0.4) is 0 Å². The predicted molar refractivity (Wildman–Crippen MR) is 116 cm³/mol. The van der Waals surface area contributed by atoms with Crippen molar-refractivity contribution in [1.82, 2.24) is 0 Å². The van der Waals surface area contributed by atoms with Crippen molar-refractivity contribution in [1.29, 1.82) is 0 Å². The van der Waals surface area contributed by atoms with Crippen LogP contribution >= 0.6 is 11.6 Å². The number of esters is 1. The number of aryl methyl sites for hydroxylation is 2. The monoisotopic (exact) mass is 446 g/mol. The Labute approximate surface area is 184 Å². The van der Waals surface area contributed by atoms with Gasteiger partial charge >= 0.3 is 5.97 Å². The van der Waals surface area contributed by atoms with Crippen LogP contribution in [0.15, 0.2) is 45.8 Å². The number of hydrogen-bond acceptors (Lipinski definition) is 7. The van der Waals surface area contributed by atoms with Gasteiger partial charge in [0.1, 0.15) is 30.0 Å². The van der Waals surface area contributed by atoms with Crippen molar-refractivity contribution in [2.45, 2.75) is 20.8 Å². The number of fused-ring (bicyclic) bond motifs is 1. The molecule has 0 fully saturated rings. The molecular formula is C23H23ClO7. The molecule has 1 heterocycles. The van der Waals surface area contributed by atoms with E-state index < -0.39 is 5.97 Å². The van der Waals surface area contributed by atoms with Crippen molar-refractivity contribution in [3.05, 3.63) is 63.0 Å². The van der Waals surface area contributed by atoms with Gasteiger partial charge in [-0.2, -0.15) is 0 Å². The Hall–Kier alpha value is -3.03. The van der Waals surface area contributed by atoms with Crippen molar-refractivity contribution in [2.24, 2.45) is 0 Å². The van der Waals surface area contributed by atoms with Gasteiger partial charge in [-0.3, -0.25) is 4.79 Å². The molecule has 31 heavy (non-hydrogen) atoms. The van der Waals surface area contributed by atoms with Crippen molar-refractivity contribution < 1.29 is 28.2 Å². The summed E-state index contributed by atoms with van der Waals surface area (Å²) < 4.78 is 26.8. The molecule has 0 spiro atoms. The highest BCUT2D eigenvalue weighted by Crippen LogP contribution is 2.29. The highest BCUT2D eigenvalue weighted by molar-refractivity contribution is 6.32. The minimum Gasteiger partial charge on any atom is -0.482 e. The van der Waals surface area contributed by atoms with Gasteiger partial charge in [-0.15, -0.1) is 0 Å². The smallest absolute Gasteiger partial charge is 0.344 e. The molecule has 0 bridgehead atoms. The normalized spacial score (nSPS) is 10.8. The highest BCUT2D eigenvalue weighted by atomic mass is 35.5. The lowest BCUT2D eigenvalue weighted by Crippen LogP contribution is -2.17. The van der Waals surface area contributed by atoms with Crippen LogP contribution in [0.25, 0.3) is 11.0 Å². The van der Waals surface area contributed by atoms with Gasteiger partial charge in [0.15, 0.2) is 6.61 Å². The molecule has 2 aromatic carbocycles. The predicted octanol–water partition coefficient (Wildman–Crippen LogP) is 4.81. The number of halogens is 1. The maximum atomic E-state index is 12.8. The van der Waals surface area contributed by atoms with E-state index in [9.17, 15) is 9.59 Å². The highest BCUT2D eigenvalue weighted by Gasteiger charge is 2.12. The lowest BCUT2D eigenvalue weighted by atomic mass is 10.1. The fraction of sp³-hybridized carbons (Fsp3) is 0.304. The molecule has 0 saturated heterocycles. The average Bonchev–Trinajstić information content (AvgIpc) is 2.75. The summed E-state index contributed by atoms with van der Waals surface area (Å²) in [6.45, 7) is 6.38. The molecule has 0 aliphatic rings. The molecule has 0 atom stereocenters. The first kappa shape index (κ1) is 22.7. The summed E-state index contributed by atoms with van der Waals surface area (Å²) in [5.74, 6) is 0.405. The minimum absolute atomic E-state index is 0.0557. The number of benzene rings is 2. The van der Waals surface area contributed by atoms with Crippen LogP contribution in [-0.4, -0.2) is 32.4 Å². The Morgan fingerprint density at radius 3 is 2.52 bits per heavy atom. The van der Waals surface area contributed by atoms with Crippen LogP contribution in [0.5, 0.6) is 17.2 Å². The van der Waals surface area contributed by atoms with Crippen molar-refractivity contribution >= 4 is 28.5 Å². The van der Waals surface area contributed by atoms with Crippen LogP contribution in [0, 0.1) is 13.8 Å². The van der Waals surface area contributed by atoms with E-state index in [1.54, 1.807) is 24.3 Å². The Kier molecular flexibility index (Phi) is 7.55. The summed E-state index contributed by atoms with van der Waals surface area (Å²) in [6, 6.07) is 8.17. The summed E-state index contributed by atoms with van der Waals surface area (Å²) in [5.41, 5.74) is 1.68. The fourth-order valence-electron chi connectivity index (χ4n) is 2.89. The molecule has 0 N–H and O–H groups in total. The summed E-state index contributed by atoms with van der Waals surface area (Å²) in [4.78, 5) is 24.5. The molecular weight excluding hydrogens is 424 g/mol. The molecule has 3 rings (SSSR count). The Morgan fingerprint density at radius 1 is 1.06 bits per heavy atom. The second-order valence-electron chi connectivity index (χ2n) is 6.77. The van der Waals surface area contributed by atoms with Crippen LogP contribution in [0.1, 0.15) is 18.1 Å². The first-order valence-corrected chi connectivity index (χ1v) is 10.1. The maximum absolute atomic E-state index is 12.8. The standard InChI is InChI=1S/C23H23ClO7/c1-4-27-7-8-28-21(25)13-29-16-5-6-18-19(11-16)30-12-20(23(18)26)31-17-9-14(2)22(24)15(3)10-17/h5-6,9-12H,4,7-8,13H2,1-3H3. The van der Waals surface area contributed by atoms with Crippen molar-refractivity contribution in [3.63, 3.8) is 0 Å². The second kappa shape index (κ2) is 10.3. The molecule has 1 aromatic heterocycles. The van der Waals surface area contributed by atoms with Crippen LogP contribution in [0.2, 0.25) is 5.02 Å². The Bertz CT molecular complexity index is 1110. The van der Waals surface area contributed by atoms with Crippen LogP contribution in [0.4, 0.5) is 0 Å². The van der Waals surface area contributed by atoms with Crippen molar-refractivity contribution in [2.75, 3.05) is 26.4 Å². The number of hydrogen-bond donors (Lipinski definition) is 0. The molecule has 164 valence electrons. The lowest BCUT2D eigenvalue weighted by Gasteiger charge is -2.10. The molecule has 0 saturated carbocycles. The van der Waals surface area contributed by atoms with Crippen LogP contribution in [-0.2, 0) is 14.3 Å². The van der Waals surface area contributed by atoms with E-state index >= 15 is 0 Å². The van der Waals surface area contributed by atoms with Gasteiger partial charge in [0.2, 0.25) is 11.2 Å². The molecule has 3 aromatic rings. The quantitative estimate of drug-likeness (QED) is 0.344. The first-order valence-electron chi connectivity index (χ1n) is 9.75. The van der Waals surface area contributed by atoms with Crippen molar-refractivity contribution in [3.8, 4) is 17.2 Å². The number of ether oxygens (including phenoxy) is 4. The summed E-state index contributed by atoms with van der Waals surface area (Å²) in [6.07, 6.45) is 1.25. The van der Waals surface area contributed by atoms with E-state index in [4.69, 9.17) is 35.0 Å². The number of rotatable bonds is 9. The fourth-order valence-corrected chi connectivity index (χ4v) is 3.00. The Morgan fingerprint density at radius 2 is 1.81 bits per heavy atom. The molecule has 0 unspecified atom stereocenters. The van der Waals surface area contributed by atoms with E-state index in [2.05, 4.69) is 0 Å². The van der Waals surface area contributed by atoms with Gasteiger partial charge in [-0.25, -0.2) is 4.79 Å². The zero-order chi connectivity index (χ0) is 22.4. The molecule has 8 heteroatoms. The zero-order valence-corrected chi connectivity index (χ0v) is 18.3. The average molecular weight is 447 g/mol. The van der Waals surface area contributed by atoms with E-state index in [0.29, 0.717) is 40.7 Å². The van der Waals surface area contributed by atoms with E-state index in [0.717, 1.165) is 11.1 Å². The summed E-state index contributed by atoms with van der Waals surface area (Å²) >= 11 is 6.18. The summed E-state index contributed by atoms with van der Waals surface area (Å²) in [5, 5.41) is 0.982. The van der Waals surface area contributed by atoms with E-state index in [1.165, 1.54) is 12.3 Å². The van der Waals surface area contributed by atoms with E-state index in [1.807, 2.05) is 20.8 Å². The number of carbonyl (C=O) groups excluding carboxylic acids is 1. The third-order valence-corrected chi connectivity index (χ3v) is 5.00. The van der Waals surface area contributed by atoms with Gasteiger partial charge in [0.05, 0.1) is 12.0 Å².